The Bertz CT molecular complexity index is 262. The van der Waals surface area contributed by atoms with E-state index in [1.165, 1.54) is 25.7 Å². The Morgan fingerprint density at radius 1 is 1.23 bits per heavy atom. The Morgan fingerprint density at radius 2 is 1.85 bits per heavy atom. The van der Waals surface area contributed by atoms with E-state index in [4.69, 9.17) is 0 Å². The molecule has 0 spiro atoms. The van der Waals surface area contributed by atoms with Gasteiger partial charge in [-0.2, -0.15) is 0 Å². The molecule has 1 aliphatic carbocycles. The van der Waals surface area contributed by atoms with E-state index in [0.717, 1.165) is 11.5 Å². The second kappa shape index (κ2) is 3.73. The van der Waals surface area contributed by atoms with Gasteiger partial charge >= 0.3 is 0 Å². The average molecular weight is 177 g/mol. The minimum absolute atomic E-state index is 0.645. The monoisotopic (exact) mass is 177 g/mol. The zero-order chi connectivity index (χ0) is 9.10. The summed E-state index contributed by atoms with van der Waals surface area (Å²) in [5.74, 6) is 0.831. The molecule has 0 atom stereocenters. The van der Waals surface area contributed by atoms with Gasteiger partial charge in [-0.25, -0.2) is 9.97 Å². The number of aromatic nitrogens is 2. The quantitative estimate of drug-likeness (QED) is 0.752. The van der Waals surface area contributed by atoms with Crippen LogP contribution in [0.15, 0.2) is 12.4 Å². The van der Waals surface area contributed by atoms with Crippen LogP contribution in [-0.4, -0.2) is 16.0 Å². The number of aryl methyl sites for hydroxylation is 1. The second-order valence-corrected chi connectivity index (χ2v) is 3.64. The maximum atomic E-state index is 4.15. The van der Waals surface area contributed by atoms with Gasteiger partial charge in [-0.3, -0.25) is 0 Å². The van der Waals surface area contributed by atoms with E-state index in [2.05, 4.69) is 15.3 Å². The second-order valence-electron chi connectivity index (χ2n) is 3.64. The summed E-state index contributed by atoms with van der Waals surface area (Å²) in [4.78, 5) is 8.30. The first kappa shape index (κ1) is 8.48. The van der Waals surface area contributed by atoms with Crippen LogP contribution in [0.5, 0.6) is 0 Å². The van der Waals surface area contributed by atoms with Crippen LogP contribution in [0.3, 0.4) is 0 Å². The zero-order valence-corrected chi connectivity index (χ0v) is 7.95. The van der Waals surface area contributed by atoms with E-state index in [9.17, 15) is 0 Å². The van der Waals surface area contributed by atoms with E-state index in [1.807, 2.05) is 19.3 Å². The molecule has 1 saturated carbocycles. The van der Waals surface area contributed by atoms with Gasteiger partial charge in [0.05, 0.1) is 18.1 Å². The van der Waals surface area contributed by atoms with Crippen molar-refractivity contribution in [3.05, 3.63) is 18.2 Å². The lowest BCUT2D eigenvalue weighted by atomic mass is 10.2. The summed E-state index contributed by atoms with van der Waals surface area (Å²) < 4.78 is 0. The third-order valence-electron chi connectivity index (χ3n) is 2.51. The molecule has 0 amide bonds. The highest BCUT2D eigenvalue weighted by Gasteiger charge is 2.14. The summed E-state index contributed by atoms with van der Waals surface area (Å²) in [6.45, 7) is 1.90. The van der Waals surface area contributed by atoms with Gasteiger partial charge in [-0.05, 0) is 19.8 Å². The number of anilines is 1. The Morgan fingerprint density at radius 3 is 2.46 bits per heavy atom. The van der Waals surface area contributed by atoms with Crippen LogP contribution in [0.1, 0.15) is 31.5 Å². The standard InChI is InChI=1S/C10H15N3/c1-8-11-6-10(7-12-8)13-9-4-2-3-5-9/h6-7,9,13H,2-5H2,1H3. The van der Waals surface area contributed by atoms with E-state index in [-0.39, 0.29) is 0 Å². The van der Waals surface area contributed by atoms with Crippen LogP contribution >= 0.6 is 0 Å². The van der Waals surface area contributed by atoms with Crippen LogP contribution in [0.4, 0.5) is 5.69 Å². The molecule has 0 radical (unpaired) electrons. The van der Waals surface area contributed by atoms with Crippen molar-refractivity contribution < 1.29 is 0 Å². The molecule has 1 fully saturated rings. The molecule has 2 rings (SSSR count). The fraction of sp³-hybridized carbons (Fsp3) is 0.600. The molecule has 13 heavy (non-hydrogen) atoms. The Balaban J connectivity index is 1.97. The summed E-state index contributed by atoms with van der Waals surface area (Å²) in [5.41, 5.74) is 1.05. The van der Waals surface area contributed by atoms with E-state index in [1.54, 1.807) is 0 Å². The molecule has 1 aromatic rings. The molecular weight excluding hydrogens is 162 g/mol. The van der Waals surface area contributed by atoms with Crippen molar-refractivity contribution in [2.75, 3.05) is 5.32 Å². The third kappa shape index (κ3) is 2.17. The summed E-state index contributed by atoms with van der Waals surface area (Å²) >= 11 is 0. The van der Waals surface area contributed by atoms with Crippen molar-refractivity contribution >= 4 is 5.69 Å². The fourth-order valence-corrected chi connectivity index (χ4v) is 1.77. The van der Waals surface area contributed by atoms with Crippen molar-refractivity contribution in [3.63, 3.8) is 0 Å². The summed E-state index contributed by atoms with van der Waals surface area (Å²) in [6, 6.07) is 0.645. The number of rotatable bonds is 2. The van der Waals surface area contributed by atoms with Gasteiger partial charge in [0, 0.05) is 6.04 Å². The lowest BCUT2D eigenvalue weighted by Crippen LogP contribution is -2.14. The molecule has 3 nitrogen and oxygen atoms in total. The Labute approximate surface area is 78.6 Å². The van der Waals surface area contributed by atoms with E-state index >= 15 is 0 Å². The van der Waals surface area contributed by atoms with Gasteiger partial charge in [0.15, 0.2) is 0 Å². The normalized spacial score (nSPS) is 17.6. The summed E-state index contributed by atoms with van der Waals surface area (Å²) in [5, 5.41) is 3.44. The average Bonchev–Trinajstić information content (AvgIpc) is 2.62. The van der Waals surface area contributed by atoms with Crippen molar-refractivity contribution in [1.82, 2.24) is 9.97 Å². The van der Waals surface area contributed by atoms with Gasteiger partial charge < -0.3 is 5.32 Å². The molecule has 1 heterocycles. The minimum atomic E-state index is 0.645. The van der Waals surface area contributed by atoms with Crippen LogP contribution in [0.2, 0.25) is 0 Å². The van der Waals surface area contributed by atoms with Crippen molar-refractivity contribution in [2.24, 2.45) is 0 Å². The van der Waals surface area contributed by atoms with Crippen molar-refractivity contribution in [3.8, 4) is 0 Å². The van der Waals surface area contributed by atoms with Crippen molar-refractivity contribution in [1.29, 1.82) is 0 Å². The summed E-state index contributed by atoms with van der Waals surface area (Å²) in [6.07, 6.45) is 9.00. The predicted octanol–water partition coefficient (Wildman–Crippen LogP) is 2.14. The maximum Gasteiger partial charge on any atom is 0.125 e. The highest BCUT2D eigenvalue weighted by atomic mass is 15.0. The molecule has 1 aliphatic rings. The van der Waals surface area contributed by atoms with Gasteiger partial charge in [0.25, 0.3) is 0 Å². The number of nitrogens with zero attached hydrogens (tertiary/aromatic N) is 2. The molecule has 70 valence electrons. The first-order chi connectivity index (χ1) is 6.34. The smallest absolute Gasteiger partial charge is 0.125 e. The van der Waals surface area contributed by atoms with Crippen molar-refractivity contribution in [2.45, 2.75) is 38.6 Å². The molecule has 0 saturated heterocycles. The number of hydrogen-bond acceptors (Lipinski definition) is 3. The fourth-order valence-electron chi connectivity index (χ4n) is 1.77. The summed E-state index contributed by atoms with van der Waals surface area (Å²) in [7, 11) is 0. The van der Waals surface area contributed by atoms with Gasteiger partial charge in [0.2, 0.25) is 0 Å². The van der Waals surface area contributed by atoms with Gasteiger partial charge in [-0.1, -0.05) is 12.8 Å². The molecule has 1 aromatic heterocycles. The number of hydrogen-bond donors (Lipinski definition) is 1. The van der Waals surface area contributed by atoms with Crippen LogP contribution in [-0.2, 0) is 0 Å². The molecule has 0 unspecified atom stereocenters. The third-order valence-corrected chi connectivity index (χ3v) is 2.51. The first-order valence-corrected chi connectivity index (χ1v) is 4.90. The highest BCUT2D eigenvalue weighted by Crippen LogP contribution is 2.21. The topological polar surface area (TPSA) is 37.8 Å². The van der Waals surface area contributed by atoms with Crippen LogP contribution in [0.25, 0.3) is 0 Å². The maximum absolute atomic E-state index is 4.15. The lowest BCUT2D eigenvalue weighted by Gasteiger charge is -2.12. The van der Waals surface area contributed by atoms with E-state index < -0.39 is 0 Å². The highest BCUT2D eigenvalue weighted by molar-refractivity contribution is 5.38. The first-order valence-electron chi connectivity index (χ1n) is 4.90. The van der Waals surface area contributed by atoms with Gasteiger partial charge in [-0.15, -0.1) is 0 Å². The number of nitrogens with one attached hydrogen (secondary N) is 1. The Hall–Kier alpha value is -1.12. The van der Waals surface area contributed by atoms with E-state index in [0.29, 0.717) is 6.04 Å². The lowest BCUT2D eigenvalue weighted by molar-refractivity contribution is 0.753. The largest absolute Gasteiger partial charge is 0.380 e. The predicted molar refractivity (Wildman–Crippen MR) is 52.6 cm³/mol. The van der Waals surface area contributed by atoms with Crippen LogP contribution < -0.4 is 5.32 Å². The molecule has 1 N–H and O–H groups in total. The SMILES string of the molecule is Cc1ncc(NC2CCCC2)cn1. The molecular formula is C10H15N3. The molecule has 0 aliphatic heterocycles. The Kier molecular flexibility index (Phi) is 2.43. The minimum Gasteiger partial charge on any atom is -0.380 e. The van der Waals surface area contributed by atoms with Gasteiger partial charge in [0.1, 0.15) is 5.82 Å². The van der Waals surface area contributed by atoms with Crippen LogP contribution in [0, 0.1) is 6.92 Å². The molecule has 0 bridgehead atoms. The molecule has 3 heteroatoms. The zero-order valence-electron chi connectivity index (χ0n) is 7.95. The molecule has 0 aromatic carbocycles.